The van der Waals surface area contributed by atoms with Crippen LogP contribution in [-0.4, -0.2) is 11.2 Å². The van der Waals surface area contributed by atoms with Crippen molar-refractivity contribution < 1.29 is 5.11 Å². The molecule has 90 valence electrons. The Morgan fingerprint density at radius 1 is 1.31 bits per heavy atom. The third kappa shape index (κ3) is 3.29. The highest BCUT2D eigenvalue weighted by Crippen LogP contribution is 2.28. The Labute approximate surface area is 113 Å². The molecule has 0 spiro atoms. The van der Waals surface area contributed by atoms with E-state index in [0.717, 1.165) is 20.9 Å². The first-order valence-electron chi connectivity index (χ1n) is 5.36. The van der Waals surface area contributed by atoms with Crippen LogP contribution in [0.25, 0.3) is 0 Å². The van der Waals surface area contributed by atoms with Crippen LogP contribution in [0.4, 0.5) is 0 Å². The summed E-state index contributed by atoms with van der Waals surface area (Å²) in [5.41, 5.74) is 6.99. The predicted molar refractivity (Wildman–Crippen MR) is 74.2 cm³/mol. The molecule has 0 aliphatic carbocycles. The van der Waals surface area contributed by atoms with Gasteiger partial charge in [-0.05, 0) is 55.5 Å². The maximum absolute atomic E-state index is 10.0. The van der Waals surface area contributed by atoms with Gasteiger partial charge in [0.2, 0.25) is 0 Å². The first-order chi connectivity index (χ1) is 7.47. The molecule has 0 aliphatic rings. The van der Waals surface area contributed by atoms with Gasteiger partial charge >= 0.3 is 0 Å². The largest absolute Gasteiger partial charge is 0.391 e. The number of aliphatic hydroxyl groups is 1. The minimum Gasteiger partial charge on any atom is -0.391 e. The summed E-state index contributed by atoms with van der Waals surface area (Å²) in [6.07, 6.45) is 0.421. The van der Waals surface area contributed by atoms with Crippen molar-refractivity contribution >= 4 is 31.9 Å². The van der Waals surface area contributed by atoms with Crippen molar-refractivity contribution in [3.8, 4) is 0 Å². The van der Waals surface area contributed by atoms with Gasteiger partial charge in [-0.1, -0.05) is 26.3 Å². The molecule has 0 fully saturated rings. The molecule has 1 rings (SSSR count). The van der Waals surface area contributed by atoms with Crippen LogP contribution in [-0.2, 0) is 0 Å². The zero-order chi connectivity index (χ0) is 12.3. The highest BCUT2D eigenvalue weighted by Gasteiger charge is 2.22. The van der Waals surface area contributed by atoms with Gasteiger partial charge in [0.05, 0.1) is 12.1 Å². The fourth-order valence-electron chi connectivity index (χ4n) is 1.51. The van der Waals surface area contributed by atoms with Crippen molar-refractivity contribution in [2.45, 2.75) is 32.4 Å². The molecule has 0 amide bonds. The Morgan fingerprint density at radius 3 is 2.44 bits per heavy atom. The summed E-state index contributed by atoms with van der Waals surface area (Å²) in [5.74, 6) is 0.206. The Hall–Kier alpha value is 0.1000. The van der Waals surface area contributed by atoms with Gasteiger partial charge in [0.15, 0.2) is 0 Å². The van der Waals surface area contributed by atoms with Gasteiger partial charge in [0.1, 0.15) is 0 Å². The zero-order valence-corrected chi connectivity index (χ0v) is 12.6. The van der Waals surface area contributed by atoms with Crippen molar-refractivity contribution in [3.05, 3.63) is 32.7 Å². The lowest BCUT2D eigenvalue weighted by Gasteiger charge is -2.24. The van der Waals surface area contributed by atoms with Crippen LogP contribution < -0.4 is 5.73 Å². The van der Waals surface area contributed by atoms with Crippen LogP contribution in [0, 0.1) is 5.92 Å². The van der Waals surface area contributed by atoms with E-state index < -0.39 is 6.10 Å². The molecule has 0 saturated heterocycles. The van der Waals surface area contributed by atoms with Gasteiger partial charge in [-0.3, -0.25) is 0 Å². The minimum absolute atomic E-state index is 0.206. The highest BCUT2D eigenvalue weighted by molar-refractivity contribution is 9.13. The average Bonchev–Trinajstić information content (AvgIpc) is 2.29. The second-order valence-corrected chi connectivity index (χ2v) is 5.78. The summed E-state index contributed by atoms with van der Waals surface area (Å²) in [5, 5.41) is 10.0. The molecular weight excluding hydrogens is 334 g/mol. The van der Waals surface area contributed by atoms with Crippen LogP contribution in [0.2, 0.25) is 0 Å². The number of rotatable bonds is 4. The number of hydrogen-bond acceptors (Lipinski definition) is 2. The van der Waals surface area contributed by atoms with Crippen LogP contribution in [0.3, 0.4) is 0 Å². The van der Waals surface area contributed by atoms with E-state index in [9.17, 15) is 5.11 Å². The summed E-state index contributed by atoms with van der Waals surface area (Å²) in [4.78, 5) is 0. The molecule has 0 bridgehead atoms. The fraction of sp³-hybridized carbons (Fsp3) is 0.500. The molecule has 2 nitrogen and oxygen atoms in total. The van der Waals surface area contributed by atoms with E-state index in [1.54, 1.807) is 0 Å². The first-order valence-corrected chi connectivity index (χ1v) is 6.94. The van der Waals surface area contributed by atoms with Crippen molar-refractivity contribution in [2.24, 2.45) is 11.7 Å². The minimum atomic E-state index is -0.502. The summed E-state index contributed by atoms with van der Waals surface area (Å²) in [7, 11) is 0. The van der Waals surface area contributed by atoms with Gasteiger partial charge in [-0.15, -0.1) is 0 Å². The quantitative estimate of drug-likeness (QED) is 0.871. The van der Waals surface area contributed by atoms with E-state index in [-0.39, 0.29) is 12.0 Å². The monoisotopic (exact) mass is 349 g/mol. The smallest absolute Gasteiger partial charge is 0.0758 e. The molecule has 0 radical (unpaired) electrons. The van der Waals surface area contributed by atoms with Crippen LogP contribution in [0.15, 0.2) is 27.1 Å². The maximum atomic E-state index is 10.0. The predicted octanol–water partition coefficient (Wildman–Crippen LogP) is 3.62. The third-order valence-electron chi connectivity index (χ3n) is 2.92. The molecular formula is C12H17Br2NO. The maximum Gasteiger partial charge on any atom is 0.0758 e. The number of hydrogen-bond donors (Lipinski definition) is 2. The molecule has 3 N–H and O–H groups in total. The van der Waals surface area contributed by atoms with Crippen molar-refractivity contribution in [1.29, 1.82) is 0 Å². The molecule has 1 aromatic carbocycles. The molecule has 4 heteroatoms. The van der Waals surface area contributed by atoms with Crippen LogP contribution in [0.1, 0.15) is 31.9 Å². The molecule has 0 saturated carbocycles. The summed E-state index contributed by atoms with van der Waals surface area (Å²) < 4.78 is 1.94. The summed E-state index contributed by atoms with van der Waals surface area (Å²) >= 11 is 6.84. The van der Waals surface area contributed by atoms with Gasteiger partial charge in [0, 0.05) is 8.95 Å². The van der Waals surface area contributed by atoms with Gasteiger partial charge in [-0.25, -0.2) is 0 Å². The number of aliphatic hydroxyl groups excluding tert-OH is 1. The van der Waals surface area contributed by atoms with E-state index in [0.29, 0.717) is 0 Å². The van der Waals surface area contributed by atoms with Gasteiger partial charge in [-0.2, -0.15) is 0 Å². The number of nitrogens with two attached hydrogens (primary N) is 1. The molecule has 0 heterocycles. The lowest BCUT2D eigenvalue weighted by Crippen LogP contribution is -2.31. The lowest BCUT2D eigenvalue weighted by atomic mass is 9.92. The SMILES string of the molecule is CCC(C)[C@H](O)[C@H](N)c1ccc(Br)c(Br)c1. The lowest BCUT2D eigenvalue weighted by molar-refractivity contribution is 0.0880. The Morgan fingerprint density at radius 2 is 1.94 bits per heavy atom. The van der Waals surface area contributed by atoms with Crippen molar-refractivity contribution in [3.63, 3.8) is 0 Å². The standard InChI is InChI=1S/C12H17Br2NO/c1-3-7(2)12(16)11(15)8-4-5-9(13)10(14)6-8/h4-7,11-12,16H,3,15H2,1-2H3/t7?,11-,12+/m1/s1. The highest BCUT2D eigenvalue weighted by atomic mass is 79.9. The molecule has 1 unspecified atom stereocenters. The average molecular weight is 351 g/mol. The Bertz CT molecular complexity index is 357. The second kappa shape index (κ2) is 6.15. The fourth-order valence-corrected chi connectivity index (χ4v) is 2.16. The van der Waals surface area contributed by atoms with Gasteiger partial charge < -0.3 is 10.8 Å². The molecule has 1 aromatic rings. The molecule has 0 aliphatic heterocycles. The number of halogens is 2. The third-order valence-corrected chi connectivity index (χ3v) is 4.80. The summed E-state index contributed by atoms with van der Waals surface area (Å²) in [6, 6.07) is 5.48. The Kier molecular flexibility index (Phi) is 5.44. The number of benzene rings is 1. The molecule has 0 aromatic heterocycles. The van der Waals surface area contributed by atoms with E-state index in [1.807, 2.05) is 25.1 Å². The van der Waals surface area contributed by atoms with E-state index in [1.165, 1.54) is 0 Å². The van der Waals surface area contributed by atoms with E-state index in [2.05, 4.69) is 38.8 Å². The van der Waals surface area contributed by atoms with Gasteiger partial charge in [0.25, 0.3) is 0 Å². The van der Waals surface area contributed by atoms with E-state index >= 15 is 0 Å². The van der Waals surface area contributed by atoms with Crippen LogP contribution in [0.5, 0.6) is 0 Å². The van der Waals surface area contributed by atoms with Crippen LogP contribution >= 0.6 is 31.9 Å². The van der Waals surface area contributed by atoms with Crippen molar-refractivity contribution in [1.82, 2.24) is 0 Å². The summed E-state index contributed by atoms with van der Waals surface area (Å²) in [6.45, 7) is 4.07. The topological polar surface area (TPSA) is 46.2 Å². The molecule has 16 heavy (non-hydrogen) atoms. The Balaban J connectivity index is 2.87. The zero-order valence-electron chi connectivity index (χ0n) is 9.45. The normalized spacial score (nSPS) is 16.9. The molecule has 3 atom stereocenters. The first kappa shape index (κ1) is 14.2. The van der Waals surface area contributed by atoms with E-state index in [4.69, 9.17) is 5.73 Å². The van der Waals surface area contributed by atoms with Crippen molar-refractivity contribution in [2.75, 3.05) is 0 Å². The second-order valence-electron chi connectivity index (χ2n) is 4.08.